The first-order chi connectivity index (χ1) is 10.7. The van der Waals surface area contributed by atoms with Crippen molar-refractivity contribution >= 4 is 21.6 Å². The summed E-state index contributed by atoms with van der Waals surface area (Å²) in [5, 5.41) is 0. The summed E-state index contributed by atoms with van der Waals surface area (Å²) < 4.78 is 25.7. The Bertz CT molecular complexity index is 685. The molecule has 0 unspecified atom stereocenters. The van der Waals surface area contributed by atoms with Crippen LogP contribution in [0.2, 0.25) is 0 Å². The standard InChI is InChI=1S/C17H26N2O3S/c1-13-7-8-15(3)16(10-13)19(23(4,21)22)12-17(20)18-9-5-6-14(2)11-18/h7-8,10,14H,5-6,9,11-12H2,1-4H3/t14-/m1/s1. The number of piperidine rings is 1. The number of aryl methyl sites for hydroxylation is 2. The highest BCUT2D eigenvalue weighted by Gasteiger charge is 2.27. The van der Waals surface area contributed by atoms with Crippen molar-refractivity contribution in [2.75, 3.05) is 30.2 Å². The number of sulfonamides is 1. The van der Waals surface area contributed by atoms with Gasteiger partial charge < -0.3 is 4.90 Å². The van der Waals surface area contributed by atoms with Crippen molar-refractivity contribution in [3.63, 3.8) is 0 Å². The molecule has 2 rings (SSSR count). The number of nitrogens with zero attached hydrogens (tertiary/aromatic N) is 2. The minimum absolute atomic E-state index is 0.122. The van der Waals surface area contributed by atoms with E-state index in [4.69, 9.17) is 0 Å². The van der Waals surface area contributed by atoms with Crippen LogP contribution in [0.15, 0.2) is 18.2 Å². The van der Waals surface area contributed by atoms with Crippen molar-refractivity contribution in [1.82, 2.24) is 4.90 Å². The minimum atomic E-state index is -3.52. The number of anilines is 1. The summed E-state index contributed by atoms with van der Waals surface area (Å²) in [6.45, 7) is 7.20. The number of carbonyl (C=O) groups excluding carboxylic acids is 1. The van der Waals surface area contributed by atoms with Gasteiger partial charge in [0, 0.05) is 13.1 Å². The number of amides is 1. The van der Waals surface area contributed by atoms with Gasteiger partial charge in [-0.2, -0.15) is 0 Å². The molecule has 23 heavy (non-hydrogen) atoms. The van der Waals surface area contributed by atoms with E-state index in [1.165, 1.54) is 4.31 Å². The summed E-state index contributed by atoms with van der Waals surface area (Å²) >= 11 is 0. The first kappa shape index (κ1) is 17.8. The van der Waals surface area contributed by atoms with E-state index in [9.17, 15) is 13.2 Å². The summed E-state index contributed by atoms with van der Waals surface area (Å²) in [6, 6.07) is 5.65. The second kappa shape index (κ2) is 6.91. The molecule has 0 aliphatic carbocycles. The topological polar surface area (TPSA) is 57.7 Å². The average molecular weight is 338 g/mol. The van der Waals surface area contributed by atoms with Crippen LogP contribution in [0.4, 0.5) is 5.69 Å². The molecule has 0 bridgehead atoms. The van der Waals surface area contributed by atoms with Crippen LogP contribution in [0.5, 0.6) is 0 Å². The van der Waals surface area contributed by atoms with E-state index in [1.54, 1.807) is 4.90 Å². The van der Waals surface area contributed by atoms with Crippen LogP contribution >= 0.6 is 0 Å². The number of hydrogen-bond donors (Lipinski definition) is 0. The van der Waals surface area contributed by atoms with E-state index in [1.807, 2.05) is 32.0 Å². The Kier molecular flexibility index (Phi) is 5.34. The van der Waals surface area contributed by atoms with Gasteiger partial charge in [-0.15, -0.1) is 0 Å². The minimum Gasteiger partial charge on any atom is -0.341 e. The summed E-state index contributed by atoms with van der Waals surface area (Å²) in [5.41, 5.74) is 2.41. The van der Waals surface area contributed by atoms with Crippen molar-refractivity contribution in [2.24, 2.45) is 5.92 Å². The Labute approximate surface area is 139 Å². The molecule has 1 aliphatic heterocycles. The zero-order chi connectivity index (χ0) is 17.2. The number of rotatable bonds is 4. The molecule has 1 saturated heterocycles. The molecule has 1 aromatic carbocycles. The molecule has 1 atom stereocenters. The van der Waals surface area contributed by atoms with Crippen LogP contribution in [0, 0.1) is 19.8 Å². The molecular formula is C17H26N2O3S. The Morgan fingerprint density at radius 1 is 1.35 bits per heavy atom. The lowest BCUT2D eigenvalue weighted by Gasteiger charge is -2.33. The van der Waals surface area contributed by atoms with Crippen LogP contribution in [-0.2, 0) is 14.8 Å². The summed E-state index contributed by atoms with van der Waals surface area (Å²) in [6.07, 6.45) is 3.26. The number of hydrogen-bond acceptors (Lipinski definition) is 3. The lowest BCUT2D eigenvalue weighted by molar-refractivity contribution is -0.131. The molecule has 0 spiro atoms. The van der Waals surface area contributed by atoms with Gasteiger partial charge in [0.15, 0.2) is 0 Å². The fraction of sp³-hybridized carbons (Fsp3) is 0.588. The van der Waals surface area contributed by atoms with E-state index < -0.39 is 10.0 Å². The van der Waals surface area contributed by atoms with Crippen LogP contribution in [0.3, 0.4) is 0 Å². The van der Waals surface area contributed by atoms with E-state index in [2.05, 4.69) is 6.92 Å². The van der Waals surface area contributed by atoms with Crippen LogP contribution in [-0.4, -0.2) is 45.1 Å². The molecule has 1 fully saturated rings. The molecule has 1 amide bonds. The SMILES string of the molecule is Cc1ccc(C)c(N(CC(=O)N2CCC[C@@H](C)C2)S(C)(=O)=O)c1. The highest BCUT2D eigenvalue weighted by atomic mass is 32.2. The fourth-order valence-electron chi connectivity index (χ4n) is 3.01. The zero-order valence-electron chi connectivity index (χ0n) is 14.4. The van der Waals surface area contributed by atoms with Crippen LogP contribution < -0.4 is 4.31 Å². The molecule has 5 nitrogen and oxygen atoms in total. The highest BCUT2D eigenvalue weighted by Crippen LogP contribution is 2.24. The number of likely N-dealkylation sites (tertiary alicyclic amines) is 1. The Morgan fingerprint density at radius 3 is 2.65 bits per heavy atom. The second-order valence-electron chi connectivity index (χ2n) is 6.65. The molecule has 0 saturated carbocycles. The lowest BCUT2D eigenvalue weighted by atomic mass is 10.0. The maximum Gasteiger partial charge on any atom is 0.243 e. The zero-order valence-corrected chi connectivity index (χ0v) is 15.2. The molecule has 1 aliphatic rings. The fourth-order valence-corrected chi connectivity index (χ4v) is 3.91. The van der Waals surface area contributed by atoms with Gasteiger partial charge in [-0.1, -0.05) is 19.1 Å². The van der Waals surface area contributed by atoms with Crippen molar-refractivity contribution in [2.45, 2.75) is 33.6 Å². The first-order valence-corrected chi connectivity index (χ1v) is 9.86. The van der Waals surface area contributed by atoms with Gasteiger partial charge in [0.1, 0.15) is 6.54 Å². The maximum absolute atomic E-state index is 12.6. The largest absolute Gasteiger partial charge is 0.341 e. The van der Waals surface area contributed by atoms with Crippen molar-refractivity contribution in [3.05, 3.63) is 29.3 Å². The van der Waals surface area contributed by atoms with Crippen molar-refractivity contribution < 1.29 is 13.2 Å². The Morgan fingerprint density at radius 2 is 2.04 bits per heavy atom. The van der Waals surface area contributed by atoms with Gasteiger partial charge in [0.25, 0.3) is 0 Å². The van der Waals surface area contributed by atoms with Crippen LogP contribution in [0.25, 0.3) is 0 Å². The predicted octanol–water partition coefficient (Wildman–Crippen LogP) is 2.33. The third kappa shape index (κ3) is 4.47. The smallest absolute Gasteiger partial charge is 0.243 e. The second-order valence-corrected chi connectivity index (χ2v) is 8.55. The first-order valence-electron chi connectivity index (χ1n) is 8.01. The van der Waals surface area contributed by atoms with E-state index in [0.29, 0.717) is 24.7 Å². The predicted molar refractivity (Wildman–Crippen MR) is 93.1 cm³/mol. The van der Waals surface area contributed by atoms with Crippen molar-refractivity contribution in [3.8, 4) is 0 Å². The summed E-state index contributed by atoms with van der Waals surface area (Å²) in [5.74, 6) is 0.350. The molecule has 0 N–H and O–H groups in total. The molecule has 0 radical (unpaired) electrons. The maximum atomic E-state index is 12.6. The van der Waals surface area contributed by atoms with Gasteiger partial charge >= 0.3 is 0 Å². The average Bonchev–Trinajstić information content (AvgIpc) is 2.46. The summed E-state index contributed by atoms with van der Waals surface area (Å²) in [4.78, 5) is 14.4. The molecular weight excluding hydrogens is 312 g/mol. The molecule has 1 heterocycles. The van der Waals surface area contributed by atoms with Gasteiger partial charge in [-0.05, 0) is 49.8 Å². The van der Waals surface area contributed by atoms with Gasteiger partial charge in [0.05, 0.1) is 11.9 Å². The Hall–Kier alpha value is -1.56. The molecule has 1 aromatic rings. The van der Waals surface area contributed by atoms with E-state index >= 15 is 0 Å². The van der Waals surface area contributed by atoms with Crippen molar-refractivity contribution in [1.29, 1.82) is 0 Å². The Balaban J connectivity index is 2.26. The molecule has 128 valence electrons. The lowest BCUT2D eigenvalue weighted by Crippen LogP contribution is -2.46. The monoisotopic (exact) mass is 338 g/mol. The number of carbonyl (C=O) groups is 1. The van der Waals surface area contributed by atoms with Gasteiger partial charge in [0.2, 0.25) is 15.9 Å². The quantitative estimate of drug-likeness (QED) is 0.846. The third-order valence-electron chi connectivity index (χ3n) is 4.32. The summed E-state index contributed by atoms with van der Waals surface area (Å²) in [7, 11) is -3.52. The van der Waals surface area contributed by atoms with E-state index in [0.717, 1.165) is 30.2 Å². The van der Waals surface area contributed by atoms with Gasteiger partial charge in [-0.25, -0.2) is 8.42 Å². The molecule has 0 aromatic heterocycles. The third-order valence-corrected chi connectivity index (χ3v) is 5.45. The van der Waals surface area contributed by atoms with Gasteiger partial charge in [-0.3, -0.25) is 9.10 Å². The number of benzene rings is 1. The van der Waals surface area contributed by atoms with Crippen LogP contribution in [0.1, 0.15) is 30.9 Å². The normalized spacial score (nSPS) is 18.8. The highest BCUT2D eigenvalue weighted by molar-refractivity contribution is 7.92. The molecule has 6 heteroatoms. The van der Waals surface area contributed by atoms with E-state index in [-0.39, 0.29) is 12.5 Å².